The van der Waals surface area contributed by atoms with Crippen LogP contribution in [0.3, 0.4) is 0 Å². The summed E-state index contributed by atoms with van der Waals surface area (Å²) in [6.07, 6.45) is -1.23. The van der Waals surface area contributed by atoms with Crippen molar-refractivity contribution < 1.29 is 18.9 Å². The van der Waals surface area contributed by atoms with E-state index < -0.39 is 0 Å². The lowest BCUT2D eigenvalue weighted by Crippen LogP contribution is -2.56. The Hall–Kier alpha value is -1.72. The molecule has 0 aliphatic carbocycles. The van der Waals surface area contributed by atoms with E-state index in [-0.39, 0.29) is 37.0 Å². The van der Waals surface area contributed by atoms with Crippen LogP contribution >= 0.6 is 0 Å². The molecule has 4 heteroatoms. The molecule has 2 aromatic carbocycles. The largest absolute Gasteiger partial charge is 0.343 e. The minimum Gasteiger partial charge on any atom is -0.343 e. The third-order valence-corrected chi connectivity index (χ3v) is 4.63. The average Bonchev–Trinajstić information content (AvgIpc) is 2.63. The maximum atomic E-state index is 6.17. The van der Waals surface area contributed by atoms with Gasteiger partial charge in [0.2, 0.25) is 0 Å². The molecule has 2 aliphatic rings. The SMILES string of the molecule is CC1OC(c2ccccc2)OC2C(C)OC(c3ccccc3)OC12. The second-order valence-electron chi connectivity index (χ2n) is 6.37. The van der Waals surface area contributed by atoms with Crippen LogP contribution < -0.4 is 0 Å². The summed E-state index contributed by atoms with van der Waals surface area (Å²) in [6, 6.07) is 20.0. The van der Waals surface area contributed by atoms with E-state index in [1.165, 1.54) is 0 Å². The van der Waals surface area contributed by atoms with E-state index in [0.717, 1.165) is 11.1 Å². The summed E-state index contributed by atoms with van der Waals surface area (Å²) in [7, 11) is 0. The number of hydrogen-bond acceptors (Lipinski definition) is 4. The fourth-order valence-corrected chi connectivity index (χ4v) is 3.34. The van der Waals surface area contributed by atoms with E-state index in [0.29, 0.717) is 0 Å². The van der Waals surface area contributed by atoms with Crippen LogP contribution in [0.25, 0.3) is 0 Å². The van der Waals surface area contributed by atoms with E-state index in [1.807, 2.05) is 74.5 Å². The monoisotopic (exact) mass is 326 g/mol. The Morgan fingerprint density at radius 2 is 0.917 bits per heavy atom. The smallest absolute Gasteiger partial charge is 0.184 e. The van der Waals surface area contributed by atoms with E-state index in [9.17, 15) is 0 Å². The van der Waals surface area contributed by atoms with Crippen molar-refractivity contribution in [3.63, 3.8) is 0 Å². The third-order valence-electron chi connectivity index (χ3n) is 4.63. The normalized spacial score (nSPS) is 36.1. The second kappa shape index (κ2) is 6.65. The second-order valence-corrected chi connectivity index (χ2v) is 6.37. The van der Waals surface area contributed by atoms with Crippen LogP contribution in [-0.2, 0) is 18.9 Å². The molecule has 6 atom stereocenters. The topological polar surface area (TPSA) is 36.9 Å². The zero-order valence-corrected chi connectivity index (χ0v) is 13.9. The molecule has 0 saturated carbocycles. The predicted octanol–water partition coefficient (Wildman–Crippen LogP) is 3.99. The molecular weight excluding hydrogens is 304 g/mol. The number of ether oxygens (including phenoxy) is 4. The molecule has 0 aromatic heterocycles. The van der Waals surface area contributed by atoms with Crippen LogP contribution in [0, 0.1) is 0 Å². The predicted molar refractivity (Wildman–Crippen MR) is 89.2 cm³/mol. The molecule has 0 spiro atoms. The molecule has 2 heterocycles. The van der Waals surface area contributed by atoms with Gasteiger partial charge in [0.1, 0.15) is 12.2 Å². The highest BCUT2D eigenvalue weighted by Crippen LogP contribution is 2.40. The van der Waals surface area contributed by atoms with Crippen LogP contribution in [0.2, 0.25) is 0 Å². The fraction of sp³-hybridized carbons (Fsp3) is 0.400. The maximum Gasteiger partial charge on any atom is 0.184 e. The Bertz CT molecular complexity index is 600. The van der Waals surface area contributed by atoms with E-state index in [1.54, 1.807) is 0 Å². The molecule has 0 radical (unpaired) electrons. The average molecular weight is 326 g/mol. The summed E-state index contributed by atoms with van der Waals surface area (Å²) in [6.45, 7) is 4.08. The van der Waals surface area contributed by atoms with Crippen molar-refractivity contribution in [3.05, 3.63) is 71.8 Å². The number of hydrogen-bond donors (Lipinski definition) is 0. The van der Waals surface area contributed by atoms with Crippen LogP contribution in [0.5, 0.6) is 0 Å². The summed E-state index contributed by atoms with van der Waals surface area (Å²) in [5.74, 6) is 0. The lowest BCUT2D eigenvalue weighted by atomic mass is 10.00. The van der Waals surface area contributed by atoms with Gasteiger partial charge in [0, 0.05) is 11.1 Å². The van der Waals surface area contributed by atoms with Crippen molar-refractivity contribution in [1.82, 2.24) is 0 Å². The van der Waals surface area contributed by atoms with Gasteiger partial charge >= 0.3 is 0 Å². The van der Waals surface area contributed by atoms with Gasteiger partial charge in [0.15, 0.2) is 12.6 Å². The van der Waals surface area contributed by atoms with Gasteiger partial charge in [-0.2, -0.15) is 0 Å². The van der Waals surface area contributed by atoms with Gasteiger partial charge in [-0.15, -0.1) is 0 Å². The van der Waals surface area contributed by atoms with Gasteiger partial charge in [-0.05, 0) is 13.8 Å². The van der Waals surface area contributed by atoms with Gasteiger partial charge in [-0.1, -0.05) is 60.7 Å². The van der Waals surface area contributed by atoms with Crippen LogP contribution in [0.15, 0.2) is 60.7 Å². The standard InChI is InChI=1S/C20H22O4/c1-13-17-18(24-19(21-13)15-9-5-3-6-10-15)14(2)22-20(23-17)16-11-7-4-8-12-16/h3-14,17-20H,1-2H3. The highest BCUT2D eigenvalue weighted by molar-refractivity contribution is 5.18. The molecule has 2 aliphatic heterocycles. The van der Waals surface area contributed by atoms with Gasteiger partial charge in [0.05, 0.1) is 12.2 Å². The van der Waals surface area contributed by atoms with Crippen LogP contribution in [0.4, 0.5) is 0 Å². The quantitative estimate of drug-likeness (QED) is 0.836. The lowest BCUT2D eigenvalue weighted by Gasteiger charge is -2.47. The molecule has 4 nitrogen and oxygen atoms in total. The first-order valence-electron chi connectivity index (χ1n) is 8.44. The first-order chi connectivity index (χ1) is 11.7. The lowest BCUT2D eigenvalue weighted by molar-refractivity contribution is -0.377. The Kier molecular flexibility index (Phi) is 4.37. The molecule has 126 valence electrons. The first-order valence-corrected chi connectivity index (χ1v) is 8.44. The fourth-order valence-electron chi connectivity index (χ4n) is 3.34. The van der Waals surface area contributed by atoms with Crippen LogP contribution in [-0.4, -0.2) is 24.4 Å². The maximum absolute atomic E-state index is 6.17. The van der Waals surface area contributed by atoms with Crippen molar-refractivity contribution in [2.24, 2.45) is 0 Å². The van der Waals surface area contributed by atoms with Gasteiger partial charge in [0.25, 0.3) is 0 Å². The molecule has 0 amide bonds. The highest BCUT2D eigenvalue weighted by Gasteiger charge is 2.47. The Balaban J connectivity index is 1.53. The zero-order chi connectivity index (χ0) is 16.5. The summed E-state index contributed by atoms with van der Waals surface area (Å²) in [4.78, 5) is 0. The van der Waals surface area contributed by atoms with Gasteiger partial charge in [-0.3, -0.25) is 0 Å². The summed E-state index contributed by atoms with van der Waals surface area (Å²) >= 11 is 0. The van der Waals surface area contributed by atoms with Gasteiger partial charge in [-0.25, -0.2) is 0 Å². The summed E-state index contributed by atoms with van der Waals surface area (Å²) in [5.41, 5.74) is 2.03. The minimum atomic E-state index is -0.384. The molecule has 2 aromatic rings. The Morgan fingerprint density at radius 1 is 0.542 bits per heavy atom. The van der Waals surface area contributed by atoms with Crippen molar-refractivity contribution >= 4 is 0 Å². The Morgan fingerprint density at radius 3 is 1.29 bits per heavy atom. The number of rotatable bonds is 2. The molecule has 2 fully saturated rings. The van der Waals surface area contributed by atoms with E-state index >= 15 is 0 Å². The number of fused-ring (bicyclic) bond motifs is 1. The molecule has 0 bridgehead atoms. The highest BCUT2D eigenvalue weighted by atomic mass is 16.8. The van der Waals surface area contributed by atoms with E-state index in [4.69, 9.17) is 18.9 Å². The summed E-state index contributed by atoms with van der Waals surface area (Å²) < 4.78 is 24.5. The molecule has 0 N–H and O–H groups in total. The van der Waals surface area contributed by atoms with Crippen molar-refractivity contribution in [2.45, 2.75) is 50.8 Å². The zero-order valence-electron chi connectivity index (χ0n) is 13.9. The van der Waals surface area contributed by atoms with Crippen molar-refractivity contribution in [1.29, 1.82) is 0 Å². The molecule has 4 rings (SSSR count). The summed E-state index contributed by atoms with van der Waals surface area (Å²) in [5, 5.41) is 0. The third kappa shape index (κ3) is 2.98. The molecule has 24 heavy (non-hydrogen) atoms. The van der Waals surface area contributed by atoms with Crippen molar-refractivity contribution in [2.75, 3.05) is 0 Å². The first kappa shape index (κ1) is 15.8. The van der Waals surface area contributed by atoms with Gasteiger partial charge < -0.3 is 18.9 Å². The molecular formula is C20H22O4. The minimum absolute atomic E-state index is 0.0773. The van der Waals surface area contributed by atoms with Crippen LogP contribution in [0.1, 0.15) is 37.6 Å². The molecule has 6 unspecified atom stereocenters. The van der Waals surface area contributed by atoms with E-state index in [2.05, 4.69) is 0 Å². The Labute approximate surface area is 142 Å². The van der Waals surface area contributed by atoms with Crippen molar-refractivity contribution in [3.8, 4) is 0 Å². The molecule has 2 saturated heterocycles. The number of benzene rings is 2.